The summed E-state index contributed by atoms with van der Waals surface area (Å²) in [6.07, 6.45) is 0. The number of hydrogen-bond donors (Lipinski definition) is 1. The van der Waals surface area contributed by atoms with Crippen molar-refractivity contribution in [2.75, 3.05) is 18.2 Å². The van der Waals surface area contributed by atoms with Gasteiger partial charge in [-0.3, -0.25) is 14.9 Å². The first kappa shape index (κ1) is 18.7. The summed E-state index contributed by atoms with van der Waals surface area (Å²) in [7, 11) is 1.42. The minimum Gasteiger partial charge on any atom is -0.496 e. The molecule has 0 aliphatic carbocycles. The summed E-state index contributed by atoms with van der Waals surface area (Å²) in [6, 6.07) is 4.25. The van der Waals surface area contributed by atoms with E-state index in [2.05, 4.69) is 15.3 Å². The van der Waals surface area contributed by atoms with Crippen molar-refractivity contribution >= 4 is 29.0 Å². The number of aromatic nitrogens is 2. The molecule has 0 atom stereocenters. The van der Waals surface area contributed by atoms with Gasteiger partial charge in [0.05, 0.1) is 23.9 Å². The Labute approximate surface area is 149 Å². The summed E-state index contributed by atoms with van der Waals surface area (Å²) in [6.45, 7) is 5.71. The Hall–Kier alpha value is -2.68. The number of anilines is 1. The van der Waals surface area contributed by atoms with E-state index < -0.39 is 4.92 Å². The van der Waals surface area contributed by atoms with E-state index >= 15 is 0 Å². The van der Waals surface area contributed by atoms with Crippen molar-refractivity contribution in [3.05, 3.63) is 45.3 Å². The molecular weight excluding hydrogens is 344 g/mol. The zero-order chi connectivity index (χ0) is 18.6. The van der Waals surface area contributed by atoms with Crippen LogP contribution in [0.3, 0.4) is 0 Å². The third kappa shape index (κ3) is 4.66. The molecule has 2 aromatic rings. The number of nitrogens with zero attached hydrogens (tertiary/aromatic N) is 3. The van der Waals surface area contributed by atoms with Gasteiger partial charge in [0, 0.05) is 11.4 Å². The highest BCUT2D eigenvalue weighted by Crippen LogP contribution is 2.29. The van der Waals surface area contributed by atoms with E-state index in [1.54, 1.807) is 6.07 Å². The summed E-state index contributed by atoms with van der Waals surface area (Å²) >= 11 is 1.18. The second kappa shape index (κ2) is 7.93. The van der Waals surface area contributed by atoms with Gasteiger partial charge in [-0.25, -0.2) is 9.97 Å². The van der Waals surface area contributed by atoms with E-state index in [0.29, 0.717) is 10.9 Å². The van der Waals surface area contributed by atoms with Crippen molar-refractivity contribution in [3.63, 3.8) is 0 Å². The highest BCUT2D eigenvalue weighted by atomic mass is 32.2. The molecular formula is C16H18N4O4S. The molecule has 8 nitrogen and oxygen atoms in total. The lowest BCUT2D eigenvalue weighted by molar-refractivity contribution is -0.384. The fraction of sp³-hybridized carbons (Fsp3) is 0.312. The summed E-state index contributed by atoms with van der Waals surface area (Å²) in [5.41, 5.74) is 2.63. The Balaban J connectivity index is 2.07. The van der Waals surface area contributed by atoms with Gasteiger partial charge in [0.2, 0.25) is 5.91 Å². The van der Waals surface area contributed by atoms with Gasteiger partial charge in [-0.15, -0.1) is 0 Å². The molecule has 0 aliphatic rings. The molecule has 0 spiro atoms. The van der Waals surface area contributed by atoms with Crippen LogP contribution in [0.1, 0.15) is 17.0 Å². The molecule has 2 rings (SSSR count). The van der Waals surface area contributed by atoms with Crippen molar-refractivity contribution in [1.82, 2.24) is 9.97 Å². The monoisotopic (exact) mass is 362 g/mol. The van der Waals surface area contributed by atoms with Crippen LogP contribution in [0, 0.1) is 30.9 Å². The lowest BCUT2D eigenvalue weighted by Crippen LogP contribution is -2.15. The van der Waals surface area contributed by atoms with Crippen LogP contribution in [-0.4, -0.2) is 33.7 Å². The first-order chi connectivity index (χ1) is 11.8. The van der Waals surface area contributed by atoms with Crippen molar-refractivity contribution in [2.24, 2.45) is 0 Å². The predicted molar refractivity (Wildman–Crippen MR) is 95.2 cm³/mol. The summed E-state index contributed by atoms with van der Waals surface area (Å²) in [4.78, 5) is 31.3. The van der Waals surface area contributed by atoms with Crippen LogP contribution in [0.4, 0.5) is 11.4 Å². The molecule has 25 heavy (non-hydrogen) atoms. The van der Waals surface area contributed by atoms with Gasteiger partial charge in [0.25, 0.3) is 5.69 Å². The zero-order valence-electron chi connectivity index (χ0n) is 14.3. The number of methoxy groups -OCH3 is 1. The first-order valence-corrected chi connectivity index (χ1v) is 8.37. The van der Waals surface area contributed by atoms with Crippen molar-refractivity contribution in [1.29, 1.82) is 0 Å². The molecule has 132 valence electrons. The Bertz CT molecular complexity index is 803. The second-order valence-corrected chi connectivity index (χ2v) is 6.22. The Morgan fingerprint density at radius 2 is 1.92 bits per heavy atom. The van der Waals surface area contributed by atoms with E-state index in [-0.39, 0.29) is 23.0 Å². The topological polar surface area (TPSA) is 107 Å². The SMILES string of the molecule is COc1ccc(NC(=O)CSc2nc(C)c(C)c(C)n2)c([N+](=O)[O-])c1. The van der Waals surface area contributed by atoms with Gasteiger partial charge < -0.3 is 10.1 Å². The molecule has 1 amide bonds. The normalized spacial score (nSPS) is 10.4. The average Bonchev–Trinajstić information content (AvgIpc) is 2.57. The molecule has 0 aliphatic heterocycles. The second-order valence-electron chi connectivity index (χ2n) is 5.28. The van der Waals surface area contributed by atoms with Crippen molar-refractivity contribution < 1.29 is 14.5 Å². The third-order valence-corrected chi connectivity index (χ3v) is 4.47. The Morgan fingerprint density at radius 1 is 1.28 bits per heavy atom. The highest BCUT2D eigenvalue weighted by Gasteiger charge is 2.17. The smallest absolute Gasteiger partial charge is 0.296 e. The zero-order valence-corrected chi connectivity index (χ0v) is 15.1. The van der Waals surface area contributed by atoms with Gasteiger partial charge >= 0.3 is 0 Å². The number of ether oxygens (including phenoxy) is 1. The van der Waals surface area contributed by atoms with Crippen LogP contribution in [-0.2, 0) is 4.79 Å². The summed E-state index contributed by atoms with van der Waals surface area (Å²) in [5, 5.41) is 14.2. The minimum atomic E-state index is -0.568. The number of hydrogen-bond acceptors (Lipinski definition) is 7. The number of nitrogens with one attached hydrogen (secondary N) is 1. The number of rotatable bonds is 6. The number of carbonyl (C=O) groups excluding carboxylic acids is 1. The van der Waals surface area contributed by atoms with Crippen LogP contribution in [0.25, 0.3) is 0 Å². The molecule has 0 unspecified atom stereocenters. The minimum absolute atomic E-state index is 0.0468. The molecule has 9 heteroatoms. The number of aryl methyl sites for hydroxylation is 2. The maximum atomic E-state index is 12.1. The fourth-order valence-electron chi connectivity index (χ4n) is 2.02. The predicted octanol–water partition coefficient (Wildman–Crippen LogP) is 3.05. The number of benzene rings is 1. The molecule has 0 fully saturated rings. The first-order valence-electron chi connectivity index (χ1n) is 7.38. The number of nitro groups is 1. The van der Waals surface area contributed by atoms with Crippen LogP contribution in [0.5, 0.6) is 5.75 Å². The van der Waals surface area contributed by atoms with Crippen LogP contribution >= 0.6 is 11.8 Å². The van der Waals surface area contributed by atoms with E-state index in [0.717, 1.165) is 17.0 Å². The maximum absolute atomic E-state index is 12.1. The number of amides is 1. The number of nitro benzene ring substituents is 1. The summed E-state index contributed by atoms with van der Waals surface area (Å²) < 4.78 is 4.96. The van der Waals surface area contributed by atoms with Gasteiger partial charge in [0.1, 0.15) is 11.4 Å². The van der Waals surface area contributed by atoms with Gasteiger partial charge in [0.15, 0.2) is 5.16 Å². The molecule has 1 heterocycles. The molecule has 0 saturated heterocycles. The third-order valence-electron chi connectivity index (χ3n) is 3.62. The lowest BCUT2D eigenvalue weighted by atomic mass is 10.2. The van der Waals surface area contributed by atoms with E-state index in [9.17, 15) is 14.9 Å². The Kier molecular flexibility index (Phi) is 5.92. The molecule has 1 N–H and O–H groups in total. The maximum Gasteiger partial charge on any atom is 0.296 e. The molecule has 0 saturated carbocycles. The molecule has 1 aromatic carbocycles. The van der Waals surface area contributed by atoms with Crippen LogP contribution in [0.15, 0.2) is 23.4 Å². The van der Waals surface area contributed by atoms with Crippen LogP contribution in [0.2, 0.25) is 0 Å². The van der Waals surface area contributed by atoms with Gasteiger partial charge in [-0.1, -0.05) is 11.8 Å². The average molecular weight is 362 g/mol. The van der Waals surface area contributed by atoms with E-state index in [1.807, 2.05) is 20.8 Å². The van der Waals surface area contributed by atoms with Gasteiger partial charge in [-0.05, 0) is 38.5 Å². The van der Waals surface area contributed by atoms with Crippen LogP contribution < -0.4 is 10.1 Å². The van der Waals surface area contributed by atoms with Crippen molar-refractivity contribution in [3.8, 4) is 5.75 Å². The fourth-order valence-corrected chi connectivity index (χ4v) is 2.75. The largest absolute Gasteiger partial charge is 0.496 e. The summed E-state index contributed by atoms with van der Waals surface area (Å²) in [5.74, 6) is 0.0151. The highest BCUT2D eigenvalue weighted by molar-refractivity contribution is 7.99. The Morgan fingerprint density at radius 3 is 2.48 bits per heavy atom. The molecule has 0 radical (unpaired) electrons. The van der Waals surface area contributed by atoms with Crippen molar-refractivity contribution in [2.45, 2.75) is 25.9 Å². The molecule has 0 bridgehead atoms. The standard InChI is InChI=1S/C16H18N4O4S/c1-9-10(2)17-16(18-11(9)3)25-8-15(21)19-13-6-5-12(24-4)7-14(13)20(22)23/h5-7H,8H2,1-4H3,(H,19,21). The van der Waals surface area contributed by atoms with E-state index in [1.165, 1.54) is 31.0 Å². The van der Waals surface area contributed by atoms with Gasteiger partial charge in [-0.2, -0.15) is 0 Å². The van der Waals surface area contributed by atoms with E-state index in [4.69, 9.17) is 4.74 Å². The quantitative estimate of drug-likeness (QED) is 0.364. The number of carbonyl (C=O) groups is 1. The number of thioether (sulfide) groups is 1. The lowest BCUT2D eigenvalue weighted by Gasteiger charge is -2.08. The molecule has 1 aromatic heterocycles.